The van der Waals surface area contributed by atoms with Crippen molar-refractivity contribution >= 4 is 11.7 Å². The summed E-state index contributed by atoms with van der Waals surface area (Å²) >= 11 is 0. The van der Waals surface area contributed by atoms with Gasteiger partial charge in [-0.1, -0.05) is 31.5 Å². The highest BCUT2D eigenvalue weighted by atomic mass is 16.6. The Morgan fingerprint density at radius 3 is 2.56 bits per heavy atom. The molecule has 0 bridgehead atoms. The van der Waals surface area contributed by atoms with Gasteiger partial charge in [0.15, 0.2) is 5.69 Å². The number of benzene rings is 2. The van der Waals surface area contributed by atoms with Crippen LogP contribution in [0.1, 0.15) is 30.1 Å². The average Bonchev–Trinajstić information content (AvgIpc) is 3.11. The van der Waals surface area contributed by atoms with Crippen LogP contribution >= 0.6 is 0 Å². The number of carbonyl (C=O) groups is 1. The second-order valence-corrected chi connectivity index (χ2v) is 5.51. The fourth-order valence-electron chi connectivity index (χ4n) is 2.27. The molecule has 6 nitrogen and oxygen atoms in total. The Kier molecular flexibility index (Phi) is 5.41. The number of aromatic nitrogens is 2. The summed E-state index contributed by atoms with van der Waals surface area (Å²) in [6.07, 6.45) is 2.11. The van der Waals surface area contributed by atoms with E-state index < -0.39 is 0 Å². The third-order valence-corrected chi connectivity index (χ3v) is 3.65. The van der Waals surface area contributed by atoms with Gasteiger partial charge in [-0.2, -0.15) is 0 Å². The van der Waals surface area contributed by atoms with E-state index >= 15 is 0 Å². The predicted octanol–water partition coefficient (Wildman–Crippen LogP) is 4.17. The molecule has 0 radical (unpaired) electrons. The molecule has 0 spiro atoms. The molecule has 1 aromatic heterocycles. The van der Waals surface area contributed by atoms with E-state index in [-0.39, 0.29) is 11.7 Å². The molecule has 0 aliphatic carbocycles. The summed E-state index contributed by atoms with van der Waals surface area (Å²) < 4.78 is 10.4. The molecule has 1 amide bonds. The van der Waals surface area contributed by atoms with E-state index in [0.717, 1.165) is 24.2 Å². The number of hydrogen-bond acceptors (Lipinski definition) is 5. The molecule has 0 fully saturated rings. The molecule has 0 unspecified atom stereocenters. The van der Waals surface area contributed by atoms with Crippen LogP contribution in [0.4, 0.5) is 5.82 Å². The largest absolute Gasteiger partial charge is 0.494 e. The summed E-state index contributed by atoms with van der Waals surface area (Å²) in [7, 11) is 0. The van der Waals surface area contributed by atoms with Crippen molar-refractivity contribution < 1.29 is 14.2 Å². The van der Waals surface area contributed by atoms with Crippen LogP contribution in [-0.2, 0) is 0 Å². The number of nitrogens with zero attached hydrogens (tertiary/aromatic N) is 2. The van der Waals surface area contributed by atoms with Crippen molar-refractivity contribution in [3.8, 4) is 17.0 Å². The van der Waals surface area contributed by atoms with Gasteiger partial charge in [-0.15, -0.1) is 0 Å². The molecule has 0 aliphatic heterocycles. The van der Waals surface area contributed by atoms with Crippen LogP contribution in [0.5, 0.6) is 5.75 Å². The minimum Gasteiger partial charge on any atom is -0.494 e. The van der Waals surface area contributed by atoms with Crippen LogP contribution in [0.15, 0.2) is 59.2 Å². The van der Waals surface area contributed by atoms with Gasteiger partial charge in [0.05, 0.1) is 6.61 Å². The lowest BCUT2D eigenvalue weighted by atomic mass is 10.1. The topological polar surface area (TPSA) is 77.2 Å². The van der Waals surface area contributed by atoms with Gasteiger partial charge in [0.2, 0.25) is 5.82 Å². The van der Waals surface area contributed by atoms with E-state index in [1.807, 2.05) is 30.3 Å². The van der Waals surface area contributed by atoms with Gasteiger partial charge in [-0.25, -0.2) is 4.63 Å². The van der Waals surface area contributed by atoms with Crippen LogP contribution in [0.25, 0.3) is 11.3 Å². The zero-order valence-electron chi connectivity index (χ0n) is 13.9. The lowest BCUT2D eigenvalue weighted by Crippen LogP contribution is -2.12. The lowest BCUT2D eigenvalue weighted by molar-refractivity contribution is 0.102. The van der Waals surface area contributed by atoms with Gasteiger partial charge < -0.3 is 10.1 Å². The van der Waals surface area contributed by atoms with Gasteiger partial charge in [-0.05, 0) is 53.1 Å². The van der Waals surface area contributed by atoms with Crippen LogP contribution in [0, 0.1) is 0 Å². The second kappa shape index (κ2) is 8.10. The Bertz CT molecular complexity index is 813. The highest BCUT2D eigenvalue weighted by molar-refractivity contribution is 6.05. The Balaban J connectivity index is 1.72. The molecule has 1 heterocycles. The van der Waals surface area contributed by atoms with Crippen molar-refractivity contribution in [1.82, 2.24) is 10.3 Å². The third kappa shape index (κ3) is 4.23. The van der Waals surface area contributed by atoms with Crippen molar-refractivity contribution in [2.45, 2.75) is 19.8 Å². The monoisotopic (exact) mass is 337 g/mol. The summed E-state index contributed by atoms with van der Waals surface area (Å²) in [6, 6.07) is 16.4. The Morgan fingerprint density at radius 1 is 1.08 bits per heavy atom. The molecule has 0 saturated heterocycles. The maximum absolute atomic E-state index is 12.3. The molecule has 1 N–H and O–H groups in total. The summed E-state index contributed by atoms with van der Waals surface area (Å²) in [5, 5.41) is 10.4. The van der Waals surface area contributed by atoms with Crippen LogP contribution in [-0.4, -0.2) is 22.8 Å². The number of unbranched alkanes of at least 4 members (excludes halogenated alkanes) is 1. The molecule has 0 aliphatic rings. The first-order chi connectivity index (χ1) is 12.3. The van der Waals surface area contributed by atoms with E-state index in [1.165, 1.54) is 0 Å². The molecule has 3 rings (SSSR count). The van der Waals surface area contributed by atoms with Crippen molar-refractivity contribution in [2.75, 3.05) is 11.9 Å². The number of hydrogen-bond donors (Lipinski definition) is 1. The zero-order chi connectivity index (χ0) is 17.5. The van der Waals surface area contributed by atoms with Crippen molar-refractivity contribution in [2.24, 2.45) is 0 Å². The molecular weight excluding hydrogens is 318 g/mol. The van der Waals surface area contributed by atoms with Gasteiger partial charge in [0, 0.05) is 11.1 Å². The fraction of sp³-hybridized carbons (Fsp3) is 0.211. The third-order valence-electron chi connectivity index (χ3n) is 3.65. The van der Waals surface area contributed by atoms with E-state index in [0.29, 0.717) is 17.9 Å². The minimum atomic E-state index is -0.267. The Hall–Kier alpha value is -3.15. The molecule has 2 aromatic carbocycles. The highest BCUT2D eigenvalue weighted by Crippen LogP contribution is 2.26. The van der Waals surface area contributed by atoms with E-state index in [9.17, 15) is 4.79 Å². The molecule has 128 valence electrons. The molecule has 6 heteroatoms. The number of nitrogens with one attached hydrogen (secondary N) is 1. The zero-order valence-corrected chi connectivity index (χ0v) is 13.9. The van der Waals surface area contributed by atoms with E-state index in [4.69, 9.17) is 9.37 Å². The van der Waals surface area contributed by atoms with Gasteiger partial charge >= 0.3 is 0 Å². The molecule has 0 atom stereocenters. The van der Waals surface area contributed by atoms with Crippen LogP contribution in [0.2, 0.25) is 0 Å². The highest BCUT2D eigenvalue weighted by Gasteiger charge is 2.16. The lowest BCUT2D eigenvalue weighted by Gasteiger charge is -2.06. The van der Waals surface area contributed by atoms with Crippen LogP contribution < -0.4 is 10.1 Å². The number of rotatable bonds is 7. The number of anilines is 1. The van der Waals surface area contributed by atoms with Gasteiger partial charge in [0.1, 0.15) is 5.75 Å². The minimum absolute atomic E-state index is 0.267. The normalized spacial score (nSPS) is 10.4. The fourth-order valence-corrected chi connectivity index (χ4v) is 2.27. The first-order valence-corrected chi connectivity index (χ1v) is 8.20. The Labute approximate surface area is 145 Å². The quantitative estimate of drug-likeness (QED) is 0.655. The summed E-state index contributed by atoms with van der Waals surface area (Å²) in [4.78, 5) is 12.3. The number of carbonyl (C=O) groups excluding carboxylic acids is 1. The molecule has 0 saturated carbocycles. The molecular formula is C19H19N3O3. The van der Waals surface area contributed by atoms with Crippen molar-refractivity contribution in [1.29, 1.82) is 0 Å². The summed E-state index contributed by atoms with van der Waals surface area (Å²) in [5.74, 6) is 0.814. The molecule has 25 heavy (non-hydrogen) atoms. The predicted molar refractivity (Wildman–Crippen MR) is 94.5 cm³/mol. The smallest absolute Gasteiger partial charge is 0.256 e. The maximum atomic E-state index is 12.3. The average molecular weight is 337 g/mol. The Morgan fingerprint density at radius 2 is 1.84 bits per heavy atom. The van der Waals surface area contributed by atoms with E-state index in [2.05, 4.69) is 22.6 Å². The summed E-state index contributed by atoms with van der Waals surface area (Å²) in [5.41, 5.74) is 1.80. The van der Waals surface area contributed by atoms with Crippen molar-refractivity contribution in [3.63, 3.8) is 0 Å². The van der Waals surface area contributed by atoms with Crippen LogP contribution in [0.3, 0.4) is 0 Å². The van der Waals surface area contributed by atoms with Gasteiger partial charge in [-0.3, -0.25) is 4.79 Å². The van der Waals surface area contributed by atoms with Gasteiger partial charge in [0.25, 0.3) is 5.91 Å². The second-order valence-electron chi connectivity index (χ2n) is 5.51. The SMILES string of the molecule is CCCCOc1ccc(-c2nonc2NC(=O)c2ccccc2)cc1. The summed E-state index contributed by atoms with van der Waals surface area (Å²) in [6.45, 7) is 2.81. The first-order valence-electron chi connectivity index (χ1n) is 8.20. The number of ether oxygens (including phenoxy) is 1. The van der Waals surface area contributed by atoms with Crippen molar-refractivity contribution in [3.05, 3.63) is 60.2 Å². The molecule has 3 aromatic rings. The maximum Gasteiger partial charge on any atom is 0.256 e. The number of amides is 1. The first kappa shape index (κ1) is 16.7. The standard InChI is InChI=1S/C19H19N3O3/c1-2-3-13-24-16-11-9-14(10-12-16)17-18(22-25-21-17)20-19(23)15-7-5-4-6-8-15/h4-12H,2-3,13H2,1H3,(H,20,22,23). The van der Waals surface area contributed by atoms with E-state index in [1.54, 1.807) is 24.3 Å².